The lowest BCUT2D eigenvalue weighted by Crippen LogP contribution is -2.43. The van der Waals surface area contributed by atoms with Crippen molar-refractivity contribution in [3.8, 4) is 17.4 Å². The molecule has 0 spiro atoms. The van der Waals surface area contributed by atoms with Gasteiger partial charge >= 0.3 is 0 Å². The molecule has 0 atom stereocenters. The lowest BCUT2D eigenvalue weighted by molar-refractivity contribution is 0.416. The molecule has 9 heteroatoms. The van der Waals surface area contributed by atoms with Crippen LogP contribution in [-0.2, 0) is 0 Å². The summed E-state index contributed by atoms with van der Waals surface area (Å²) >= 11 is 0. The summed E-state index contributed by atoms with van der Waals surface area (Å²) in [5, 5.41) is 16.1. The normalized spacial score (nSPS) is 13.7. The topological polar surface area (TPSA) is 84.4 Å². The first-order valence-corrected chi connectivity index (χ1v) is 10.7. The van der Waals surface area contributed by atoms with Crippen LogP contribution in [0.1, 0.15) is 0 Å². The van der Waals surface area contributed by atoms with E-state index in [1.165, 1.54) is 6.07 Å². The highest BCUT2D eigenvalue weighted by Gasteiger charge is 2.15. The average molecular weight is 446 g/mol. The van der Waals surface area contributed by atoms with Crippen molar-refractivity contribution in [3.63, 3.8) is 0 Å². The predicted molar refractivity (Wildman–Crippen MR) is 125 cm³/mol. The summed E-state index contributed by atoms with van der Waals surface area (Å²) in [5.41, 5.74) is 1.84. The van der Waals surface area contributed by atoms with Gasteiger partial charge < -0.3 is 25.0 Å². The molecule has 2 aromatic heterocycles. The Bertz CT molecular complexity index is 1280. The molecule has 0 radical (unpaired) electrons. The van der Waals surface area contributed by atoms with Crippen molar-refractivity contribution in [3.05, 3.63) is 66.7 Å². The Balaban J connectivity index is 1.49. The Hall–Kier alpha value is -3.98. The molecule has 1 fully saturated rings. The fourth-order valence-corrected chi connectivity index (χ4v) is 3.80. The van der Waals surface area contributed by atoms with Crippen molar-refractivity contribution in [2.75, 3.05) is 43.5 Å². The lowest BCUT2D eigenvalue weighted by atomic mass is 10.2. The zero-order valence-electron chi connectivity index (χ0n) is 18.1. The lowest BCUT2D eigenvalue weighted by Gasteiger charge is -2.30. The van der Waals surface area contributed by atoms with Gasteiger partial charge in [-0.3, -0.25) is 0 Å². The number of ether oxygens (including phenoxy) is 2. The molecule has 0 aliphatic carbocycles. The van der Waals surface area contributed by atoms with Crippen molar-refractivity contribution in [2.24, 2.45) is 0 Å². The number of pyridine rings is 1. The second-order valence-electron chi connectivity index (χ2n) is 7.58. The standard InChI is InChI=1S/C24H23FN6O2/c1-32-22-13-17(31-10-8-26-9-11-31)6-7-20(22)29-24-18-15-28-27-14-16(18)12-23(30-24)33-21-5-3-2-4-19(21)25/h2-7,12-15,26H,8-11H2,1H3,(H,29,30). The quantitative estimate of drug-likeness (QED) is 0.458. The van der Waals surface area contributed by atoms with E-state index in [-0.39, 0.29) is 11.6 Å². The van der Waals surface area contributed by atoms with Crippen LogP contribution in [0.5, 0.6) is 17.4 Å². The molecule has 0 saturated carbocycles. The van der Waals surface area contributed by atoms with E-state index in [1.807, 2.05) is 12.1 Å². The van der Waals surface area contributed by atoms with Crippen molar-refractivity contribution in [2.45, 2.75) is 0 Å². The van der Waals surface area contributed by atoms with Crippen molar-refractivity contribution >= 4 is 28.0 Å². The first-order valence-electron chi connectivity index (χ1n) is 10.7. The fourth-order valence-electron chi connectivity index (χ4n) is 3.80. The summed E-state index contributed by atoms with van der Waals surface area (Å²) in [6.07, 6.45) is 3.24. The number of piperazine rings is 1. The van der Waals surface area contributed by atoms with Gasteiger partial charge in [0.15, 0.2) is 11.6 Å². The SMILES string of the molecule is COc1cc(N2CCNCC2)ccc1Nc1nc(Oc2ccccc2F)cc2cnncc12. The third-order valence-corrected chi connectivity index (χ3v) is 5.49. The van der Waals surface area contributed by atoms with E-state index in [0.29, 0.717) is 11.6 Å². The number of halogens is 1. The zero-order valence-corrected chi connectivity index (χ0v) is 18.1. The molecule has 3 heterocycles. The number of anilines is 3. The van der Waals surface area contributed by atoms with Crippen LogP contribution in [0.3, 0.4) is 0 Å². The first-order chi connectivity index (χ1) is 16.2. The number of nitrogens with one attached hydrogen (secondary N) is 2. The van der Waals surface area contributed by atoms with Crippen LogP contribution in [0, 0.1) is 5.82 Å². The highest BCUT2D eigenvalue weighted by molar-refractivity contribution is 5.93. The average Bonchev–Trinajstić information content (AvgIpc) is 2.86. The molecule has 1 saturated heterocycles. The maximum absolute atomic E-state index is 14.1. The molecule has 4 aromatic rings. The summed E-state index contributed by atoms with van der Waals surface area (Å²) in [6.45, 7) is 3.79. The minimum Gasteiger partial charge on any atom is -0.494 e. The zero-order chi connectivity index (χ0) is 22.6. The van der Waals surface area contributed by atoms with Crippen LogP contribution in [0.25, 0.3) is 10.8 Å². The van der Waals surface area contributed by atoms with Crippen LogP contribution in [0.15, 0.2) is 60.9 Å². The molecule has 0 amide bonds. The molecule has 33 heavy (non-hydrogen) atoms. The summed E-state index contributed by atoms with van der Waals surface area (Å²) in [5.74, 6) is 1.05. The van der Waals surface area contributed by atoms with E-state index in [9.17, 15) is 4.39 Å². The van der Waals surface area contributed by atoms with Gasteiger partial charge in [-0.25, -0.2) is 4.39 Å². The Morgan fingerprint density at radius 2 is 1.82 bits per heavy atom. The number of hydrogen-bond acceptors (Lipinski definition) is 8. The van der Waals surface area contributed by atoms with Gasteiger partial charge in [0, 0.05) is 54.8 Å². The van der Waals surface area contributed by atoms with Gasteiger partial charge in [-0.05, 0) is 24.3 Å². The molecule has 8 nitrogen and oxygen atoms in total. The number of fused-ring (bicyclic) bond motifs is 1. The Morgan fingerprint density at radius 1 is 1.00 bits per heavy atom. The summed E-state index contributed by atoms with van der Waals surface area (Å²) in [6, 6.07) is 13.9. The van der Waals surface area contributed by atoms with Gasteiger partial charge in [0.2, 0.25) is 5.88 Å². The van der Waals surface area contributed by atoms with Crippen LogP contribution in [-0.4, -0.2) is 48.5 Å². The molecule has 2 aromatic carbocycles. The number of nitrogens with zero attached hydrogens (tertiary/aromatic N) is 4. The molecule has 5 rings (SSSR count). The van der Waals surface area contributed by atoms with E-state index >= 15 is 0 Å². The Kier molecular flexibility index (Phi) is 5.86. The molecular formula is C24H23FN6O2. The summed E-state index contributed by atoms with van der Waals surface area (Å²) < 4.78 is 25.5. The monoisotopic (exact) mass is 446 g/mol. The molecular weight excluding hydrogens is 423 g/mol. The molecule has 2 N–H and O–H groups in total. The number of hydrogen-bond donors (Lipinski definition) is 2. The highest BCUT2D eigenvalue weighted by atomic mass is 19.1. The molecule has 0 unspecified atom stereocenters. The number of para-hydroxylation sites is 1. The van der Waals surface area contributed by atoms with Gasteiger partial charge in [0.05, 0.1) is 25.2 Å². The Labute approximate surface area is 190 Å². The fraction of sp³-hybridized carbons (Fsp3) is 0.208. The van der Waals surface area contributed by atoms with Gasteiger partial charge in [-0.2, -0.15) is 15.2 Å². The number of rotatable bonds is 6. The summed E-state index contributed by atoms with van der Waals surface area (Å²) in [7, 11) is 1.64. The number of methoxy groups -OCH3 is 1. The van der Waals surface area contributed by atoms with Gasteiger partial charge in [-0.1, -0.05) is 12.1 Å². The van der Waals surface area contributed by atoms with E-state index < -0.39 is 5.82 Å². The van der Waals surface area contributed by atoms with E-state index in [2.05, 4.69) is 36.8 Å². The van der Waals surface area contributed by atoms with Crippen LogP contribution >= 0.6 is 0 Å². The second kappa shape index (κ2) is 9.25. The highest BCUT2D eigenvalue weighted by Crippen LogP contribution is 2.35. The predicted octanol–water partition coefficient (Wildman–Crippen LogP) is 4.12. The second-order valence-corrected chi connectivity index (χ2v) is 7.58. The van der Waals surface area contributed by atoms with Crippen molar-refractivity contribution in [1.29, 1.82) is 0 Å². The van der Waals surface area contributed by atoms with Crippen molar-refractivity contribution < 1.29 is 13.9 Å². The third-order valence-electron chi connectivity index (χ3n) is 5.49. The van der Waals surface area contributed by atoms with Gasteiger partial charge in [0.1, 0.15) is 11.6 Å². The van der Waals surface area contributed by atoms with Crippen LogP contribution in [0.2, 0.25) is 0 Å². The van der Waals surface area contributed by atoms with Gasteiger partial charge in [-0.15, -0.1) is 0 Å². The minimum absolute atomic E-state index is 0.0928. The number of aromatic nitrogens is 3. The maximum Gasteiger partial charge on any atom is 0.222 e. The first kappa shape index (κ1) is 20.9. The summed E-state index contributed by atoms with van der Waals surface area (Å²) in [4.78, 5) is 6.89. The van der Waals surface area contributed by atoms with E-state index in [0.717, 1.165) is 48.3 Å². The number of benzene rings is 2. The van der Waals surface area contributed by atoms with Crippen LogP contribution < -0.4 is 25.0 Å². The van der Waals surface area contributed by atoms with E-state index in [4.69, 9.17) is 9.47 Å². The molecule has 168 valence electrons. The Morgan fingerprint density at radius 3 is 2.64 bits per heavy atom. The molecule has 1 aliphatic heterocycles. The van der Waals surface area contributed by atoms with Crippen LogP contribution in [0.4, 0.5) is 21.6 Å². The molecule has 1 aliphatic rings. The third kappa shape index (κ3) is 4.49. The molecule has 0 bridgehead atoms. The smallest absolute Gasteiger partial charge is 0.222 e. The van der Waals surface area contributed by atoms with Gasteiger partial charge in [0.25, 0.3) is 0 Å². The van der Waals surface area contributed by atoms with Crippen molar-refractivity contribution in [1.82, 2.24) is 20.5 Å². The van der Waals surface area contributed by atoms with E-state index in [1.54, 1.807) is 43.8 Å². The largest absolute Gasteiger partial charge is 0.494 e. The maximum atomic E-state index is 14.1. The minimum atomic E-state index is -0.466.